The maximum Gasteiger partial charge on any atom is 0.259 e. The van der Waals surface area contributed by atoms with E-state index in [-0.39, 0.29) is 5.56 Å². The monoisotopic (exact) mass is 392 g/mol. The third-order valence-electron chi connectivity index (χ3n) is 4.55. The van der Waals surface area contributed by atoms with Crippen LogP contribution in [-0.4, -0.2) is 29.6 Å². The molecule has 0 radical (unpaired) electrons. The van der Waals surface area contributed by atoms with Crippen molar-refractivity contribution in [1.82, 2.24) is 9.38 Å². The molecule has 4 rings (SSSR count). The molecule has 0 aliphatic heterocycles. The minimum absolute atomic E-state index is 0.0339. The quantitative estimate of drug-likeness (QED) is 0.526. The van der Waals surface area contributed by atoms with Gasteiger partial charge in [-0.3, -0.25) is 9.20 Å². The molecule has 0 bridgehead atoms. The SMILES string of the molecule is C[NH+](CCOc1ccccc1)Cc1cc(=O)n2c(-c3ccccc3)csc2n1. The first-order chi connectivity index (χ1) is 13.7. The number of thiazole rings is 1. The summed E-state index contributed by atoms with van der Waals surface area (Å²) in [6.07, 6.45) is 0. The number of fused-ring (bicyclic) bond motifs is 1. The van der Waals surface area contributed by atoms with Gasteiger partial charge in [0.15, 0.2) is 4.96 Å². The number of para-hydroxylation sites is 1. The van der Waals surface area contributed by atoms with Crippen LogP contribution in [0, 0.1) is 0 Å². The van der Waals surface area contributed by atoms with E-state index in [1.54, 1.807) is 10.5 Å². The molecule has 5 nitrogen and oxygen atoms in total. The predicted molar refractivity (Wildman–Crippen MR) is 112 cm³/mol. The number of nitrogens with zero attached hydrogens (tertiary/aromatic N) is 2. The average molecular weight is 393 g/mol. The molecule has 0 aliphatic rings. The maximum absolute atomic E-state index is 12.7. The maximum atomic E-state index is 12.7. The third kappa shape index (κ3) is 4.13. The lowest BCUT2D eigenvalue weighted by Crippen LogP contribution is -3.08. The van der Waals surface area contributed by atoms with Crippen molar-refractivity contribution in [2.24, 2.45) is 0 Å². The third-order valence-corrected chi connectivity index (χ3v) is 5.38. The van der Waals surface area contributed by atoms with E-state index >= 15 is 0 Å². The van der Waals surface area contributed by atoms with Crippen molar-refractivity contribution < 1.29 is 9.64 Å². The highest BCUT2D eigenvalue weighted by atomic mass is 32.1. The normalized spacial score (nSPS) is 12.2. The number of likely N-dealkylation sites (N-methyl/N-ethyl adjacent to an activating group) is 1. The summed E-state index contributed by atoms with van der Waals surface area (Å²) in [6, 6.07) is 21.4. The van der Waals surface area contributed by atoms with Crippen LogP contribution < -0.4 is 15.2 Å². The van der Waals surface area contributed by atoms with Gasteiger partial charge in [0.25, 0.3) is 5.56 Å². The van der Waals surface area contributed by atoms with E-state index in [0.29, 0.717) is 13.2 Å². The lowest BCUT2D eigenvalue weighted by Gasteiger charge is -2.14. The summed E-state index contributed by atoms with van der Waals surface area (Å²) in [5, 5.41) is 1.99. The lowest BCUT2D eigenvalue weighted by atomic mass is 10.2. The molecular weight excluding hydrogens is 370 g/mol. The van der Waals surface area contributed by atoms with Crippen LogP contribution in [-0.2, 0) is 6.54 Å². The number of quaternary nitrogens is 1. The van der Waals surface area contributed by atoms with Gasteiger partial charge in [0, 0.05) is 11.4 Å². The van der Waals surface area contributed by atoms with Crippen LogP contribution in [0.3, 0.4) is 0 Å². The van der Waals surface area contributed by atoms with E-state index in [1.807, 2.05) is 66.0 Å². The van der Waals surface area contributed by atoms with Crippen molar-refractivity contribution in [2.75, 3.05) is 20.2 Å². The number of nitrogens with one attached hydrogen (secondary N) is 1. The number of hydrogen-bond donors (Lipinski definition) is 1. The van der Waals surface area contributed by atoms with Crippen molar-refractivity contribution in [2.45, 2.75) is 6.54 Å². The summed E-state index contributed by atoms with van der Waals surface area (Å²) >= 11 is 1.50. The largest absolute Gasteiger partial charge is 0.488 e. The Labute approximate surface area is 167 Å². The van der Waals surface area contributed by atoms with Crippen LogP contribution in [0.25, 0.3) is 16.2 Å². The van der Waals surface area contributed by atoms with E-state index in [0.717, 1.165) is 34.2 Å². The topological polar surface area (TPSA) is 48.0 Å². The molecule has 28 heavy (non-hydrogen) atoms. The molecule has 6 heteroatoms. The number of aromatic nitrogens is 2. The van der Waals surface area contributed by atoms with Crippen molar-refractivity contribution in [3.63, 3.8) is 0 Å². The number of rotatable bonds is 7. The van der Waals surface area contributed by atoms with Crippen molar-refractivity contribution in [1.29, 1.82) is 0 Å². The molecule has 142 valence electrons. The second-order valence-electron chi connectivity index (χ2n) is 6.74. The van der Waals surface area contributed by atoms with Gasteiger partial charge in [-0.15, -0.1) is 11.3 Å². The molecule has 1 unspecified atom stereocenters. The first-order valence-corrected chi connectivity index (χ1v) is 10.1. The predicted octanol–water partition coefficient (Wildman–Crippen LogP) is 2.52. The van der Waals surface area contributed by atoms with Gasteiger partial charge < -0.3 is 9.64 Å². The van der Waals surface area contributed by atoms with E-state index < -0.39 is 0 Å². The van der Waals surface area contributed by atoms with E-state index in [1.165, 1.54) is 16.2 Å². The van der Waals surface area contributed by atoms with E-state index in [2.05, 4.69) is 7.05 Å². The molecule has 0 saturated heterocycles. The Morgan fingerprint density at radius 1 is 1.07 bits per heavy atom. The Morgan fingerprint density at radius 3 is 2.54 bits per heavy atom. The molecule has 0 fully saturated rings. The minimum atomic E-state index is -0.0339. The Morgan fingerprint density at radius 2 is 1.79 bits per heavy atom. The summed E-state index contributed by atoms with van der Waals surface area (Å²) < 4.78 is 7.45. The first kappa shape index (κ1) is 18.4. The second kappa shape index (κ2) is 8.37. The molecule has 1 N–H and O–H groups in total. The van der Waals surface area contributed by atoms with Crippen molar-refractivity contribution in [3.8, 4) is 17.0 Å². The van der Waals surface area contributed by atoms with Gasteiger partial charge in [0.1, 0.15) is 31.1 Å². The smallest absolute Gasteiger partial charge is 0.259 e. The van der Waals surface area contributed by atoms with Crippen LogP contribution in [0.15, 0.2) is 76.9 Å². The Bertz CT molecular complexity index is 1110. The van der Waals surface area contributed by atoms with E-state index in [4.69, 9.17) is 9.72 Å². The molecule has 0 saturated carbocycles. The number of hydrogen-bond acceptors (Lipinski definition) is 4. The van der Waals surface area contributed by atoms with Gasteiger partial charge in [0.2, 0.25) is 0 Å². The van der Waals surface area contributed by atoms with Crippen LogP contribution in [0.4, 0.5) is 0 Å². The number of ether oxygens (including phenoxy) is 1. The van der Waals surface area contributed by atoms with E-state index in [9.17, 15) is 4.79 Å². The Balaban J connectivity index is 1.45. The Kier molecular flexibility index (Phi) is 5.50. The summed E-state index contributed by atoms with van der Waals surface area (Å²) in [6.45, 7) is 2.13. The average Bonchev–Trinajstić information content (AvgIpc) is 3.14. The van der Waals surface area contributed by atoms with Crippen LogP contribution >= 0.6 is 11.3 Å². The van der Waals surface area contributed by atoms with Gasteiger partial charge in [-0.2, -0.15) is 0 Å². The van der Waals surface area contributed by atoms with Crippen LogP contribution in [0.2, 0.25) is 0 Å². The van der Waals surface area contributed by atoms with Gasteiger partial charge in [0.05, 0.1) is 12.7 Å². The van der Waals surface area contributed by atoms with Gasteiger partial charge >= 0.3 is 0 Å². The van der Waals surface area contributed by atoms with Crippen LogP contribution in [0.1, 0.15) is 5.69 Å². The first-order valence-electron chi connectivity index (χ1n) is 9.25. The van der Waals surface area contributed by atoms with Gasteiger partial charge in [-0.1, -0.05) is 48.5 Å². The highest BCUT2D eigenvalue weighted by Gasteiger charge is 2.13. The molecule has 0 amide bonds. The highest BCUT2D eigenvalue weighted by molar-refractivity contribution is 7.15. The fourth-order valence-corrected chi connectivity index (χ4v) is 4.04. The molecule has 0 spiro atoms. The molecule has 2 aromatic heterocycles. The zero-order valence-electron chi connectivity index (χ0n) is 15.7. The lowest BCUT2D eigenvalue weighted by molar-refractivity contribution is -0.894. The Hall–Kier alpha value is -2.96. The molecule has 4 aromatic rings. The summed E-state index contributed by atoms with van der Waals surface area (Å²) in [5.74, 6) is 0.875. The molecule has 2 heterocycles. The summed E-state index contributed by atoms with van der Waals surface area (Å²) in [7, 11) is 2.08. The number of benzene rings is 2. The molecular formula is C22H22N3O2S+. The standard InChI is InChI=1S/C22H21N3O2S/c1-24(12-13-27-19-10-6-3-7-11-19)15-18-14-21(26)25-20(16-28-22(25)23-18)17-8-4-2-5-9-17/h2-11,14,16H,12-13,15H2,1H3/p+1. The summed E-state index contributed by atoms with van der Waals surface area (Å²) in [5.41, 5.74) is 2.69. The van der Waals surface area contributed by atoms with Gasteiger partial charge in [-0.25, -0.2) is 4.98 Å². The van der Waals surface area contributed by atoms with Crippen LogP contribution in [0.5, 0.6) is 5.75 Å². The fourth-order valence-electron chi connectivity index (χ4n) is 3.12. The van der Waals surface area contributed by atoms with Gasteiger partial charge in [-0.05, 0) is 17.7 Å². The molecule has 1 atom stereocenters. The minimum Gasteiger partial charge on any atom is -0.488 e. The van der Waals surface area contributed by atoms with Crippen molar-refractivity contribution >= 4 is 16.3 Å². The summed E-state index contributed by atoms with van der Waals surface area (Å²) in [4.78, 5) is 19.4. The zero-order valence-corrected chi connectivity index (χ0v) is 16.5. The highest BCUT2D eigenvalue weighted by Crippen LogP contribution is 2.23. The zero-order chi connectivity index (χ0) is 19.3. The fraction of sp³-hybridized carbons (Fsp3) is 0.182. The second-order valence-corrected chi connectivity index (χ2v) is 7.57. The molecule has 2 aromatic carbocycles. The molecule has 0 aliphatic carbocycles. The van der Waals surface area contributed by atoms with Crippen molar-refractivity contribution in [3.05, 3.63) is 88.2 Å².